The smallest absolute Gasteiger partial charge is 0.252 e. The third kappa shape index (κ3) is 1.56. The third-order valence-corrected chi connectivity index (χ3v) is 7.89. The molecule has 0 saturated carbocycles. The molecule has 1 aliphatic carbocycles. The Balaban J connectivity index is 1.66. The largest absolute Gasteiger partial charge is 0.483 e. The number of nitrogens with one attached hydrogen (secondary N) is 1. The molecule has 5 heteroatoms. The number of aliphatic imine (C=N–C) groups is 1. The van der Waals surface area contributed by atoms with Crippen LogP contribution in [-0.2, 0) is 21.4 Å². The second-order valence-corrected chi connectivity index (χ2v) is 9.32. The van der Waals surface area contributed by atoms with Crippen molar-refractivity contribution in [2.24, 2.45) is 10.9 Å². The lowest BCUT2D eigenvalue weighted by molar-refractivity contribution is -0.154. The number of amides is 1. The van der Waals surface area contributed by atoms with Crippen LogP contribution in [0.3, 0.4) is 0 Å². The van der Waals surface area contributed by atoms with Crippen LogP contribution in [0.15, 0.2) is 29.3 Å². The monoisotopic (exact) mass is 363 g/mol. The van der Waals surface area contributed by atoms with Gasteiger partial charge in [0.1, 0.15) is 5.54 Å². The first kappa shape index (κ1) is 15.7. The molecule has 1 aromatic heterocycles. The van der Waals surface area contributed by atoms with Gasteiger partial charge in [-0.25, -0.2) is 4.99 Å². The highest BCUT2D eigenvalue weighted by atomic mass is 16.5. The van der Waals surface area contributed by atoms with Gasteiger partial charge in [-0.15, -0.1) is 0 Å². The molecule has 4 aliphatic heterocycles. The fourth-order valence-electron chi connectivity index (χ4n) is 6.70. The SMILES string of the molecule is COC1=N[C@]23Cc4c([nH]c5ccccc45)C(C)(C)[C@H]2C[C@]12CCCN2C3=O. The maximum atomic E-state index is 13.8. The zero-order valence-corrected chi connectivity index (χ0v) is 16.1. The van der Waals surface area contributed by atoms with E-state index in [4.69, 9.17) is 9.73 Å². The Morgan fingerprint density at radius 3 is 2.93 bits per heavy atom. The molecule has 7 rings (SSSR count). The topological polar surface area (TPSA) is 57.7 Å². The van der Waals surface area contributed by atoms with Gasteiger partial charge in [-0.05, 0) is 30.9 Å². The number of hydrogen-bond acceptors (Lipinski definition) is 3. The summed E-state index contributed by atoms with van der Waals surface area (Å²) < 4.78 is 5.80. The van der Waals surface area contributed by atoms with E-state index >= 15 is 0 Å². The zero-order valence-electron chi connectivity index (χ0n) is 16.1. The molecule has 0 radical (unpaired) electrons. The van der Waals surface area contributed by atoms with Crippen molar-refractivity contribution in [2.75, 3.05) is 13.7 Å². The fraction of sp³-hybridized carbons (Fsp3) is 0.545. The lowest BCUT2D eigenvalue weighted by atomic mass is 9.52. The van der Waals surface area contributed by atoms with Crippen molar-refractivity contribution < 1.29 is 9.53 Å². The molecule has 0 unspecified atom stereocenters. The van der Waals surface area contributed by atoms with Gasteiger partial charge in [0.15, 0.2) is 5.54 Å². The van der Waals surface area contributed by atoms with E-state index in [1.165, 1.54) is 16.6 Å². The molecule has 2 spiro atoms. The molecule has 2 aromatic rings. The average Bonchev–Trinajstić information content (AvgIpc) is 3.25. The second-order valence-electron chi connectivity index (χ2n) is 9.32. The molecular formula is C22H25N3O2. The van der Waals surface area contributed by atoms with E-state index in [0.717, 1.165) is 37.2 Å². The van der Waals surface area contributed by atoms with Gasteiger partial charge in [0.2, 0.25) is 5.90 Å². The van der Waals surface area contributed by atoms with Crippen molar-refractivity contribution in [2.45, 2.75) is 56.0 Å². The van der Waals surface area contributed by atoms with E-state index < -0.39 is 5.54 Å². The number of fused-ring (bicyclic) bond motifs is 3. The van der Waals surface area contributed by atoms with E-state index in [1.54, 1.807) is 7.11 Å². The lowest BCUT2D eigenvalue weighted by Crippen LogP contribution is -2.75. The van der Waals surface area contributed by atoms with E-state index in [2.05, 4.69) is 48.0 Å². The number of rotatable bonds is 0. The minimum atomic E-state index is -0.723. The number of methoxy groups -OCH3 is 1. The molecular weight excluding hydrogens is 338 g/mol. The quantitative estimate of drug-likeness (QED) is 0.782. The van der Waals surface area contributed by atoms with Crippen molar-refractivity contribution in [3.63, 3.8) is 0 Å². The summed E-state index contributed by atoms with van der Waals surface area (Å²) in [6.45, 7) is 5.41. The highest BCUT2D eigenvalue weighted by Crippen LogP contribution is 2.60. The molecule has 2 bridgehead atoms. The van der Waals surface area contributed by atoms with Crippen molar-refractivity contribution in [1.82, 2.24) is 9.88 Å². The van der Waals surface area contributed by atoms with Gasteiger partial charge in [0.25, 0.3) is 5.91 Å². The maximum absolute atomic E-state index is 13.8. The summed E-state index contributed by atoms with van der Waals surface area (Å²) in [7, 11) is 1.71. The number of ether oxygens (including phenoxy) is 1. The molecule has 1 amide bonds. The number of para-hydroxylation sites is 1. The number of benzene rings is 1. The van der Waals surface area contributed by atoms with Gasteiger partial charge in [-0.3, -0.25) is 4.79 Å². The van der Waals surface area contributed by atoms with E-state index in [1.807, 2.05) is 0 Å². The van der Waals surface area contributed by atoms with Crippen LogP contribution in [0.25, 0.3) is 10.9 Å². The highest BCUT2D eigenvalue weighted by Gasteiger charge is 2.71. The van der Waals surface area contributed by atoms with Gasteiger partial charge in [0.05, 0.1) is 7.11 Å². The number of hydrogen-bond donors (Lipinski definition) is 1. The summed E-state index contributed by atoms with van der Waals surface area (Å²) in [6.07, 6.45) is 3.62. The van der Waals surface area contributed by atoms with Crippen molar-refractivity contribution >= 4 is 22.7 Å². The summed E-state index contributed by atoms with van der Waals surface area (Å²) in [5, 5.41) is 1.22. The molecule has 1 N–H and O–H groups in total. The molecule has 5 heterocycles. The minimum Gasteiger partial charge on any atom is -0.483 e. The van der Waals surface area contributed by atoms with E-state index in [9.17, 15) is 4.79 Å². The number of aromatic nitrogens is 1. The minimum absolute atomic E-state index is 0.146. The van der Waals surface area contributed by atoms with Crippen LogP contribution in [-0.4, -0.2) is 46.4 Å². The molecule has 5 aliphatic rings. The van der Waals surface area contributed by atoms with Crippen LogP contribution in [0.1, 0.15) is 44.4 Å². The molecule has 2 saturated heterocycles. The van der Waals surface area contributed by atoms with Crippen LogP contribution in [0.4, 0.5) is 0 Å². The van der Waals surface area contributed by atoms with Gasteiger partial charge in [0, 0.05) is 40.9 Å². The lowest BCUT2D eigenvalue weighted by Gasteiger charge is -2.61. The molecule has 1 aromatic carbocycles. The molecule has 2 fully saturated rings. The van der Waals surface area contributed by atoms with E-state index in [0.29, 0.717) is 6.42 Å². The Hall–Kier alpha value is -2.30. The van der Waals surface area contributed by atoms with Crippen molar-refractivity contribution in [3.05, 3.63) is 35.5 Å². The van der Waals surface area contributed by atoms with Crippen LogP contribution in [0.5, 0.6) is 0 Å². The van der Waals surface area contributed by atoms with Gasteiger partial charge in [-0.1, -0.05) is 32.0 Å². The Kier molecular flexibility index (Phi) is 2.66. The summed E-state index contributed by atoms with van der Waals surface area (Å²) in [5.74, 6) is 1.20. The van der Waals surface area contributed by atoms with Crippen LogP contribution in [0.2, 0.25) is 0 Å². The number of piperidine rings is 1. The van der Waals surface area contributed by atoms with Crippen molar-refractivity contribution in [1.29, 1.82) is 0 Å². The number of H-pyrrole nitrogens is 1. The number of aromatic amines is 1. The first-order valence-corrected chi connectivity index (χ1v) is 10.0. The third-order valence-electron chi connectivity index (χ3n) is 7.89. The molecule has 3 atom stereocenters. The number of carbonyl (C=O) groups is 1. The molecule has 140 valence electrons. The Morgan fingerprint density at radius 1 is 1.30 bits per heavy atom. The van der Waals surface area contributed by atoms with E-state index in [-0.39, 0.29) is 22.8 Å². The predicted molar refractivity (Wildman–Crippen MR) is 104 cm³/mol. The second kappa shape index (κ2) is 4.57. The first-order chi connectivity index (χ1) is 12.9. The Labute approximate surface area is 158 Å². The van der Waals surface area contributed by atoms with Gasteiger partial charge >= 0.3 is 0 Å². The van der Waals surface area contributed by atoms with Crippen LogP contribution < -0.4 is 0 Å². The molecule has 27 heavy (non-hydrogen) atoms. The zero-order chi connectivity index (χ0) is 18.6. The Bertz CT molecular complexity index is 1040. The fourth-order valence-corrected chi connectivity index (χ4v) is 6.70. The molecule has 5 nitrogen and oxygen atoms in total. The number of carbonyl (C=O) groups excluding carboxylic acids is 1. The highest BCUT2D eigenvalue weighted by molar-refractivity contribution is 6.04. The maximum Gasteiger partial charge on any atom is 0.252 e. The normalized spacial score (nSPS) is 35.7. The predicted octanol–water partition coefficient (Wildman–Crippen LogP) is 3.18. The summed E-state index contributed by atoms with van der Waals surface area (Å²) in [4.78, 5) is 24.7. The summed E-state index contributed by atoms with van der Waals surface area (Å²) >= 11 is 0. The van der Waals surface area contributed by atoms with Crippen LogP contribution in [0, 0.1) is 5.92 Å². The standard InChI is InChI=1S/C22H25N3O2/c1-20(2)16-12-21-9-6-10-25(21)19(26)22(16,24-18(21)27-3)11-14-13-7-4-5-8-15(13)23-17(14)20/h4-5,7-8,16,23H,6,9-12H2,1-3H3/t16-,21-,22-/m1/s1. The number of nitrogens with zero attached hydrogens (tertiary/aromatic N) is 2. The van der Waals surface area contributed by atoms with Crippen LogP contribution >= 0.6 is 0 Å². The summed E-state index contributed by atoms with van der Waals surface area (Å²) in [5.41, 5.74) is 2.51. The van der Waals surface area contributed by atoms with Gasteiger partial charge < -0.3 is 14.6 Å². The Morgan fingerprint density at radius 2 is 2.11 bits per heavy atom. The van der Waals surface area contributed by atoms with Crippen molar-refractivity contribution in [3.8, 4) is 0 Å². The summed E-state index contributed by atoms with van der Waals surface area (Å²) in [6, 6.07) is 8.43. The average molecular weight is 363 g/mol. The first-order valence-electron chi connectivity index (χ1n) is 10.0. The van der Waals surface area contributed by atoms with Gasteiger partial charge in [-0.2, -0.15) is 0 Å².